The molecule has 42 heavy (non-hydrogen) atoms. The molecule has 0 saturated heterocycles. The zero-order valence-corrected chi connectivity index (χ0v) is 25.8. The molecule has 0 radical (unpaired) electrons. The van der Waals surface area contributed by atoms with E-state index in [1.54, 1.807) is 11.8 Å². The zero-order valence-electron chi connectivity index (χ0n) is 25.0. The number of carboxylic acid groups (broad SMARTS) is 1. The molecule has 2 aromatic carbocycles. The summed E-state index contributed by atoms with van der Waals surface area (Å²) in [6.45, 7) is 3.00. The quantitative estimate of drug-likeness (QED) is 0.244. The number of carboxylic acids is 1. The van der Waals surface area contributed by atoms with Gasteiger partial charge in [0.1, 0.15) is 6.04 Å². The van der Waals surface area contributed by atoms with Crippen molar-refractivity contribution in [2.45, 2.75) is 122 Å². The molecular weight excluding hydrogens is 540 g/mol. The molecule has 3 fully saturated rings. The molecule has 0 aliphatic heterocycles. The first-order valence-electron chi connectivity index (χ1n) is 15.9. The Kier molecular flexibility index (Phi) is 11.6. The average molecular weight is 593 g/mol. The number of benzene rings is 2. The van der Waals surface area contributed by atoms with Crippen LogP contribution in [0.3, 0.4) is 0 Å². The van der Waals surface area contributed by atoms with Gasteiger partial charge in [-0.3, -0.25) is 9.69 Å². The average Bonchev–Trinajstić information content (AvgIpc) is 3.71. The van der Waals surface area contributed by atoms with Gasteiger partial charge in [-0.1, -0.05) is 82.7 Å². The molecule has 0 bridgehead atoms. The second-order valence-electron chi connectivity index (χ2n) is 12.8. The molecule has 230 valence electrons. The van der Waals surface area contributed by atoms with E-state index in [0.29, 0.717) is 29.3 Å². The fourth-order valence-electron chi connectivity index (χ4n) is 7.55. The number of amides is 1. The molecule has 1 amide bonds. The second-order valence-corrected chi connectivity index (χ2v) is 13.8. The molecule has 2 N–H and O–H groups in total. The summed E-state index contributed by atoms with van der Waals surface area (Å²) in [5.41, 5.74) is 5.16. The predicted octanol–water partition coefficient (Wildman–Crippen LogP) is 8.48. The third-order valence-corrected chi connectivity index (χ3v) is 10.5. The van der Waals surface area contributed by atoms with Crippen LogP contribution >= 0.6 is 11.8 Å². The Morgan fingerprint density at radius 1 is 1.00 bits per heavy atom. The van der Waals surface area contributed by atoms with Gasteiger partial charge in [0.25, 0.3) is 5.91 Å². The van der Waals surface area contributed by atoms with Crippen LogP contribution < -0.4 is 5.32 Å². The lowest BCUT2D eigenvalue weighted by molar-refractivity contribution is -0.139. The van der Waals surface area contributed by atoms with Crippen molar-refractivity contribution in [3.63, 3.8) is 0 Å². The molecule has 3 aliphatic rings. The largest absolute Gasteiger partial charge is 0.480 e. The van der Waals surface area contributed by atoms with Crippen LogP contribution in [0, 0.1) is 12.8 Å². The highest BCUT2D eigenvalue weighted by atomic mass is 32.2. The molecule has 0 unspecified atom stereocenters. The minimum absolute atomic E-state index is 0. The first-order valence-corrected chi connectivity index (χ1v) is 17.3. The molecule has 3 saturated carbocycles. The maximum absolute atomic E-state index is 13.6. The Labute approximate surface area is 258 Å². The molecule has 5 nitrogen and oxygen atoms in total. The first-order chi connectivity index (χ1) is 19.9. The lowest BCUT2D eigenvalue weighted by atomic mass is 9.77. The molecule has 2 aromatic rings. The molecular formula is C36H52N2O3S. The van der Waals surface area contributed by atoms with Gasteiger partial charge in [0.05, 0.1) is 0 Å². The van der Waals surface area contributed by atoms with E-state index in [0.717, 1.165) is 29.2 Å². The van der Waals surface area contributed by atoms with Gasteiger partial charge < -0.3 is 10.4 Å². The monoisotopic (exact) mass is 592 g/mol. The van der Waals surface area contributed by atoms with Crippen LogP contribution in [0.4, 0.5) is 0 Å². The number of rotatable bonds is 13. The lowest BCUT2D eigenvalue weighted by Gasteiger charge is -2.45. The van der Waals surface area contributed by atoms with Gasteiger partial charge in [-0.25, -0.2) is 4.79 Å². The molecule has 0 aromatic heterocycles. The van der Waals surface area contributed by atoms with Crippen molar-refractivity contribution >= 4 is 23.6 Å². The standard InChI is InChI=1S/C35H48N2O3S.CH4/c1-25-10-6-7-13-29(25)31-22-27(14-17-30(31)33(38)36-32(34(39)40)18-21-41-2)24-37(28-15-16-28)35(19-8-9-20-35)23-26-11-4-3-5-12-26;/h6-7,10,13-14,17,22,26,28,32H,3-5,8-9,11-12,15-16,18-21,23-24H2,1-2H3,(H,36,38)(H,39,40);1H4/t32-;/m0./s1. The molecule has 0 heterocycles. The number of aliphatic carboxylic acids is 1. The Morgan fingerprint density at radius 3 is 2.36 bits per heavy atom. The minimum atomic E-state index is -0.985. The van der Waals surface area contributed by atoms with Crippen LogP contribution in [-0.2, 0) is 11.3 Å². The first kappa shape index (κ1) is 32.6. The van der Waals surface area contributed by atoms with Crippen LogP contribution in [0.2, 0.25) is 0 Å². The van der Waals surface area contributed by atoms with Crippen molar-refractivity contribution in [2.75, 3.05) is 12.0 Å². The molecule has 6 heteroatoms. The highest BCUT2D eigenvalue weighted by Gasteiger charge is 2.46. The second kappa shape index (κ2) is 14.9. The SMILES string of the molecule is C.CSCC[C@H](NC(=O)c1ccc(CN(C2CC2)C2(CC3CCCCC3)CCCC2)cc1-c1ccccc1C)C(=O)O. The van der Waals surface area contributed by atoms with Crippen molar-refractivity contribution < 1.29 is 14.7 Å². The van der Waals surface area contributed by atoms with Crippen molar-refractivity contribution in [1.29, 1.82) is 0 Å². The summed E-state index contributed by atoms with van der Waals surface area (Å²) in [7, 11) is 0. The Bertz CT molecular complexity index is 1200. The van der Waals surface area contributed by atoms with E-state index in [1.807, 2.05) is 24.5 Å². The Morgan fingerprint density at radius 2 is 1.71 bits per heavy atom. The van der Waals surface area contributed by atoms with Crippen LogP contribution in [0.1, 0.15) is 112 Å². The van der Waals surface area contributed by atoms with Gasteiger partial charge in [0.2, 0.25) is 0 Å². The third kappa shape index (κ3) is 7.79. The molecule has 0 spiro atoms. The van der Waals surface area contributed by atoms with E-state index in [-0.39, 0.29) is 13.3 Å². The fourth-order valence-corrected chi connectivity index (χ4v) is 8.02. The van der Waals surface area contributed by atoms with Crippen LogP contribution in [0.25, 0.3) is 11.1 Å². The number of aryl methyl sites for hydroxylation is 1. The summed E-state index contributed by atoms with van der Waals surface area (Å²) in [5, 5.41) is 12.6. The van der Waals surface area contributed by atoms with Crippen molar-refractivity contribution in [3.8, 4) is 11.1 Å². The summed E-state index contributed by atoms with van der Waals surface area (Å²) in [6.07, 6.45) is 18.6. The number of carbonyl (C=O) groups excluding carboxylic acids is 1. The minimum Gasteiger partial charge on any atom is -0.480 e. The van der Waals surface area contributed by atoms with E-state index in [1.165, 1.54) is 82.6 Å². The number of nitrogens with one attached hydrogen (secondary N) is 1. The number of thioether (sulfide) groups is 1. The van der Waals surface area contributed by atoms with Crippen molar-refractivity contribution in [1.82, 2.24) is 10.2 Å². The Hall–Kier alpha value is -2.31. The summed E-state index contributed by atoms with van der Waals surface area (Å²) >= 11 is 1.59. The van der Waals surface area contributed by atoms with Gasteiger partial charge in [0, 0.05) is 23.7 Å². The maximum Gasteiger partial charge on any atom is 0.326 e. The van der Waals surface area contributed by atoms with Crippen molar-refractivity contribution in [3.05, 3.63) is 59.2 Å². The fraction of sp³-hybridized carbons (Fsp3) is 0.611. The van der Waals surface area contributed by atoms with Crippen molar-refractivity contribution in [2.24, 2.45) is 5.92 Å². The number of nitrogens with zero attached hydrogens (tertiary/aromatic N) is 1. The van der Waals surface area contributed by atoms with Gasteiger partial charge in [0.15, 0.2) is 0 Å². The van der Waals surface area contributed by atoms with E-state index in [4.69, 9.17) is 0 Å². The third-order valence-electron chi connectivity index (χ3n) is 9.86. The van der Waals surface area contributed by atoms with E-state index >= 15 is 0 Å². The smallest absolute Gasteiger partial charge is 0.326 e. The maximum atomic E-state index is 13.6. The normalized spacial score (nSPS) is 19.3. The van der Waals surface area contributed by atoms with Crippen LogP contribution in [-0.4, -0.2) is 51.5 Å². The number of hydrogen-bond donors (Lipinski definition) is 2. The van der Waals surface area contributed by atoms with E-state index < -0.39 is 12.0 Å². The number of carbonyl (C=O) groups is 2. The van der Waals surface area contributed by atoms with Gasteiger partial charge >= 0.3 is 5.97 Å². The highest BCUT2D eigenvalue weighted by Crippen LogP contribution is 2.48. The molecule has 3 aliphatic carbocycles. The zero-order chi connectivity index (χ0) is 28.8. The lowest BCUT2D eigenvalue weighted by Crippen LogP contribution is -2.49. The van der Waals surface area contributed by atoms with E-state index in [2.05, 4.69) is 41.4 Å². The summed E-state index contributed by atoms with van der Waals surface area (Å²) in [4.78, 5) is 28.3. The van der Waals surface area contributed by atoms with Crippen LogP contribution in [0.15, 0.2) is 42.5 Å². The summed E-state index contributed by atoms with van der Waals surface area (Å²) in [6, 6.07) is 14.2. The van der Waals surface area contributed by atoms with Gasteiger partial charge in [-0.2, -0.15) is 11.8 Å². The predicted molar refractivity (Wildman–Crippen MR) is 176 cm³/mol. The number of hydrogen-bond acceptors (Lipinski definition) is 4. The molecule has 1 atom stereocenters. The summed E-state index contributed by atoms with van der Waals surface area (Å²) in [5.74, 6) is 0.249. The molecule has 5 rings (SSSR count). The summed E-state index contributed by atoms with van der Waals surface area (Å²) < 4.78 is 0. The van der Waals surface area contributed by atoms with Crippen LogP contribution in [0.5, 0.6) is 0 Å². The Balaban J connectivity index is 0.00000405. The highest BCUT2D eigenvalue weighted by molar-refractivity contribution is 7.98. The van der Waals surface area contributed by atoms with Gasteiger partial charge in [-0.15, -0.1) is 0 Å². The topological polar surface area (TPSA) is 69.6 Å². The van der Waals surface area contributed by atoms with E-state index in [9.17, 15) is 14.7 Å². The van der Waals surface area contributed by atoms with Gasteiger partial charge in [-0.05, 0) is 97.8 Å².